The monoisotopic (exact) mass is 145 g/mol. The summed E-state index contributed by atoms with van der Waals surface area (Å²) >= 11 is 0. The molecule has 0 aliphatic heterocycles. The Morgan fingerprint density at radius 1 is 1.20 bits per heavy atom. The molecule has 0 N–H and O–H groups in total. The molecule has 0 nitrogen and oxygen atoms in total. The van der Waals surface area contributed by atoms with Gasteiger partial charge in [-0.05, 0) is 10.1 Å². The van der Waals surface area contributed by atoms with Gasteiger partial charge in [0.2, 0.25) is 0 Å². The van der Waals surface area contributed by atoms with Gasteiger partial charge in [0, 0.05) is 18.6 Å². The molecule has 1 radical (unpaired) electrons. The van der Waals surface area contributed by atoms with Crippen LogP contribution in [-0.2, 0) is 18.6 Å². The zero-order valence-electron chi connectivity index (χ0n) is 2.45. The van der Waals surface area contributed by atoms with Crippen LogP contribution in [0.5, 0.6) is 0 Å². The zero-order valence-corrected chi connectivity index (χ0v) is 5.84. The molecule has 0 fully saturated rings. The zero-order chi connectivity index (χ0) is 2.00. The molecule has 0 aliphatic rings. The molecule has 0 heterocycles. The first-order valence-electron chi connectivity index (χ1n) is 1.00. The molecular formula is H8BMgNaSiV. The standard InChI is InChI=1S/BH5Si.Mg.Na.V.3H/c1-2;;;;;;/h1H2,2H3;;;;;;. The van der Waals surface area contributed by atoms with Crippen molar-refractivity contribution in [2.24, 2.45) is 0 Å². The summed E-state index contributed by atoms with van der Waals surface area (Å²) in [6, 6.07) is 0. The Morgan fingerprint density at radius 2 is 1.20 bits per heavy atom. The number of hydrogen-bond donors (Lipinski definition) is 0. The first-order valence-corrected chi connectivity index (χ1v) is 3.00. The van der Waals surface area contributed by atoms with Crippen LogP contribution in [-0.4, -0.2) is 70.2 Å². The van der Waals surface area contributed by atoms with Crippen molar-refractivity contribution >= 4 is 70.2 Å². The third-order valence-electron chi connectivity index (χ3n) is 0. The summed E-state index contributed by atoms with van der Waals surface area (Å²) in [6.45, 7) is 0. The Labute approximate surface area is 87.3 Å². The molecule has 0 rings (SSSR count). The third-order valence-corrected chi connectivity index (χ3v) is 0. The van der Waals surface area contributed by atoms with Crippen LogP contribution >= 0.6 is 0 Å². The summed E-state index contributed by atoms with van der Waals surface area (Å²) in [7, 11) is 3.44. The van der Waals surface area contributed by atoms with Gasteiger partial charge in [-0.25, -0.2) is 0 Å². The van der Waals surface area contributed by atoms with Crippen molar-refractivity contribution in [2.75, 3.05) is 0 Å². The Bertz CT molecular complexity index is 11.6. The molecule has 0 saturated carbocycles. The summed E-state index contributed by atoms with van der Waals surface area (Å²) in [5.74, 6) is 0. The Balaban J connectivity index is -0.00000000167. The van der Waals surface area contributed by atoms with Crippen molar-refractivity contribution in [3.63, 3.8) is 0 Å². The Morgan fingerprint density at radius 3 is 1.20 bits per heavy atom. The molecule has 0 aromatic rings. The quantitative estimate of drug-likeness (QED) is 0.308. The van der Waals surface area contributed by atoms with Crippen LogP contribution in [0.15, 0.2) is 0 Å². The second-order valence-corrected chi connectivity index (χ2v) is 0. The average molecular weight is 145 g/mol. The van der Waals surface area contributed by atoms with Crippen LogP contribution in [0, 0.1) is 0 Å². The van der Waals surface area contributed by atoms with Gasteiger partial charge < -0.3 is 0 Å². The molecule has 5 heteroatoms. The van der Waals surface area contributed by atoms with E-state index in [1.165, 1.54) is 10.1 Å². The van der Waals surface area contributed by atoms with Crippen LogP contribution < -0.4 is 0 Å². The van der Waals surface area contributed by atoms with Crippen molar-refractivity contribution in [3.8, 4) is 0 Å². The first-order chi connectivity index (χ1) is 1.00. The van der Waals surface area contributed by atoms with Crippen LogP contribution in [0.3, 0.4) is 0 Å². The topological polar surface area (TPSA) is 0 Å². The van der Waals surface area contributed by atoms with Gasteiger partial charge in [-0.3, -0.25) is 0 Å². The minimum absolute atomic E-state index is 0. The van der Waals surface area contributed by atoms with Gasteiger partial charge in [-0.2, -0.15) is 0 Å². The predicted molar refractivity (Wildman–Crippen MR) is 34.2 cm³/mol. The molecule has 23 valence electrons. The van der Waals surface area contributed by atoms with Gasteiger partial charge in [0.05, 0.1) is 7.44 Å². The molecule has 5 heavy (non-hydrogen) atoms. The van der Waals surface area contributed by atoms with E-state index in [4.69, 9.17) is 0 Å². The fourth-order valence-corrected chi connectivity index (χ4v) is 0. The van der Waals surface area contributed by atoms with E-state index < -0.39 is 0 Å². The molecule has 0 saturated heterocycles. The van der Waals surface area contributed by atoms with Gasteiger partial charge in [-0.15, -0.1) is 0 Å². The maximum absolute atomic E-state index is 2.14. The van der Waals surface area contributed by atoms with Gasteiger partial charge in [0.15, 0.2) is 0 Å². The smallest absolute Gasteiger partial charge is 0 e. The summed E-state index contributed by atoms with van der Waals surface area (Å²) in [5, 5.41) is 0. The molecule has 0 unspecified atom stereocenters. The summed E-state index contributed by atoms with van der Waals surface area (Å²) in [5.41, 5.74) is 0. The van der Waals surface area contributed by atoms with E-state index in [2.05, 4.69) is 7.44 Å². The Hall–Kier alpha value is 2.63. The number of rotatable bonds is 0. The van der Waals surface area contributed by atoms with E-state index in [1.54, 1.807) is 0 Å². The average Bonchev–Trinajstić information content (AvgIpc) is 1.00. The molecular weight excluding hydrogens is 137 g/mol. The van der Waals surface area contributed by atoms with Crippen LogP contribution in [0.25, 0.3) is 0 Å². The van der Waals surface area contributed by atoms with E-state index in [9.17, 15) is 0 Å². The van der Waals surface area contributed by atoms with E-state index >= 15 is 0 Å². The maximum atomic E-state index is 2.14. The van der Waals surface area contributed by atoms with Gasteiger partial charge >= 0.3 is 52.6 Å². The predicted octanol–water partition coefficient (Wildman–Crippen LogP) is -3.67. The van der Waals surface area contributed by atoms with Crippen LogP contribution in [0.2, 0.25) is 0 Å². The molecule has 0 atom stereocenters. The first kappa shape index (κ1) is 25.4. The van der Waals surface area contributed by atoms with Crippen LogP contribution in [0.1, 0.15) is 0 Å². The largest absolute Gasteiger partial charge is 0 e. The van der Waals surface area contributed by atoms with Gasteiger partial charge in [-0.1, -0.05) is 0 Å². The normalized spacial score (nSPS) is 1.60. The summed E-state index contributed by atoms with van der Waals surface area (Å²) in [6.07, 6.45) is 0. The number of hydrogen-bond acceptors (Lipinski definition) is 0. The maximum Gasteiger partial charge on any atom is 0 e. The van der Waals surface area contributed by atoms with Crippen molar-refractivity contribution in [2.45, 2.75) is 0 Å². The van der Waals surface area contributed by atoms with Crippen molar-refractivity contribution in [1.29, 1.82) is 0 Å². The minimum atomic E-state index is 0. The Kier molecular flexibility index (Phi) is 155. The molecule has 0 bridgehead atoms. The van der Waals surface area contributed by atoms with Crippen LogP contribution in [0.4, 0.5) is 0 Å². The van der Waals surface area contributed by atoms with E-state index in [-0.39, 0.29) is 71.2 Å². The minimum Gasteiger partial charge on any atom is 0 e. The SMILES string of the molecule is B[SiH3].[MgH2].[NaH].[V]. The third kappa shape index (κ3) is 20.5. The van der Waals surface area contributed by atoms with E-state index in [0.29, 0.717) is 0 Å². The van der Waals surface area contributed by atoms with Crippen molar-refractivity contribution in [3.05, 3.63) is 0 Å². The fourth-order valence-electron chi connectivity index (χ4n) is 0. The fraction of sp³-hybridized carbons (Fsp3) is 0. The molecule has 0 amide bonds. The second-order valence-electron chi connectivity index (χ2n) is 0. The van der Waals surface area contributed by atoms with Gasteiger partial charge in [0.1, 0.15) is 0 Å². The summed E-state index contributed by atoms with van der Waals surface area (Å²) < 4.78 is 0. The van der Waals surface area contributed by atoms with E-state index in [1.807, 2.05) is 0 Å². The van der Waals surface area contributed by atoms with Crippen molar-refractivity contribution in [1.82, 2.24) is 0 Å². The molecule has 0 spiro atoms. The summed E-state index contributed by atoms with van der Waals surface area (Å²) in [4.78, 5) is 0. The second kappa shape index (κ2) is 30.4. The molecule has 0 aromatic carbocycles. The van der Waals surface area contributed by atoms with E-state index in [0.717, 1.165) is 0 Å². The van der Waals surface area contributed by atoms with Crippen molar-refractivity contribution < 1.29 is 18.6 Å². The van der Waals surface area contributed by atoms with Gasteiger partial charge in [0.25, 0.3) is 0 Å². The molecule has 0 aliphatic carbocycles. The molecule has 0 aromatic heterocycles.